The zero-order chi connectivity index (χ0) is 20.7. The highest BCUT2D eigenvalue weighted by Gasteiger charge is 2.40. The van der Waals surface area contributed by atoms with Crippen LogP contribution in [-0.2, 0) is 10.3 Å². The minimum Gasteiger partial charge on any atom is -0.314 e. The van der Waals surface area contributed by atoms with Crippen LogP contribution < -0.4 is 5.56 Å². The van der Waals surface area contributed by atoms with E-state index >= 15 is 0 Å². The summed E-state index contributed by atoms with van der Waals surface area (Å²) in [5.74, 6) is -0.190. The molecule has 1 aromatic heterocycles. The molecule has 0 bridgehead atoms. The molecule has 2 rings (SSSR count). The standard InChI is InChI=1S/C16H23N3O3.2C2H6/c1-11(2)18-9-6-7-12(14(18)21)16(3,4)19-10-8-13(20)17(5)15(19)22;2*1-2/h6-7,9,11H,8,10H2,1-5H3;2*1-2H3. The van der Waals surface area contributed by atoms with Crippen molar-refractivity contribution in [1.29, 1.82) is 0 Å². The van der Waals surface area contributed by atoms with Crippen molar-refractivity contribution in [3.8, 4) is 0 Å². The largest absolute Gasteiger partial charge is 0.327 e. The number of hydrogen-bond donors (Lipinski definition) is 0. The molecule has 26 heavy (non-hydrogen) atoms. The first-order valence-electron chi connectivity index (χ1n) is 9.47. The third kappa shape index (κ3) is 4.74. The van der Waals surface area contributed by atoms with Crippen molar-refractivity contribution >= 4 is 11.9 Å². The van der Waals surface area contributed by atoms with Crippen LogP contribution in [0.1, 0.15) is 73.4 Å². The quantitative estimate of drug-likeness (QED) is 0.813. The van der Waals surface area contributed by atoms with Crippen LogP contribution in [0.5, 0.6) is 0 Å². The summed E-state index contributed by atoms with van der Waals surface area (Å²) in [7, 11) is 1.48. The van der Waals surface area contributed by atoms with Gasteiger partial charge < -0.3 is 9.47 Å². The van der Waals surface area contributed by atoms with Gasteiger partial charge in [-0.2, -0.15) is 0 Å². The van der Waals surface area contributed by atoms with E-state index in [4.69, 9.17) is 0 Å². The van der Waals surface area contributed by atoms with Crippen LogP contribution in [0.4, 0.5) is 4.79 Å². The molecule has 6 heteroatoms. The highest BCUT2D eigenvalue weighted by atomic mass is 16.2. The second kappa shape index (κ2) is 10.1. The molecule has 0 atom stereocenters. The number of pyridine rings is 1. The van der Waals surface area contributed by atoms with E-state index in [1.807, 2.05) is 61.5 Å². The van der Waals surface area contributed by atoms with Crippen LogP contribution in [0, 0.1) is 0 Å². The van der Waals surface area contributed by atoms with Gasteiger partial charge in [0.25, 0.3) is 5.56 Å². The van der Waals surface area contributed by atoms with Crippen LogP contribution in [0.15, 0.2) is 23.1 Å². The molecule has 1 aromatic rings. The molecule has 1 aliphatic rings. The zero-order valence-corrected chi connectivity index (χ0v) is 17.8. The van der Waals surface area contributed by atoms with Crippen LogP contribution in [0.3, 0.4) is 0 Å². The predicted octanol–water partition coefficient (Wildman–Crippen LogP) is 4.00. The van der Waals surface area contributed by atoms with Crippen molar-refractivity contribution < 1.29 is 9.59 Å². The molecule has 1 fully saturated rings. The molecule has 2 heterocycles. The Balaban J connectivity index is 0.00000146. The molecule has 6 nitrogen and oxygen atoms in total. The highest BCUT2D eigenvalue weighted by Crippen LogP contribution is 2.29. The van der Waals surface area contributed by atoms with Crippen molar-refractivity contribution in [2.24, 2.45) is 0 Å². The number of carbonyl (C=O) groups excluding carboxylic acids is 2. The normalized spacial score (nSPS) is 14.5. The third-order valence-electron chi connectivity index (χ3n) is 4.31. The van der Waals surface area contributed by atoms with E-state index in [0.29, 0.717) is 12.1 Å². The molecule has 1 saturated heterocycles. The Hall–Kier alpha value is -2.11. The maximum Gasteiger partial charge on any atom is 0.327 e. The number of imide groups is 1. The van der Waals surface area contributed by atoms with Gasteiger partial charge in [0.1, 0.15) is 0 Å². The van der Waals surface area contributed by atoms with Crippen LogP contribution in [0.25, 0.3) is 0 Å². The maximum atomic E-state index is 12.7. The molecule has 1 aliphatic heterocycles. The van der Waals surface area contributed by atoms with Crippen LogP contribution in [-0.4, -0.2) is 39.9 Å². The van der Waals surface area contributed by atoms with E-state index in [9.17, 15) is 14.4 Å². The van der Waals surface area contributed by atoms with Gasteiger partial charge in [-0.05, 0) is 39.8 Å². The van der Waals surface area contributed by atoms with Gasteiger partial charge in [-0.3, -0.25) is 14.5 Å². The molecule has 0 aromatic carbocycles. The average Bonchev–Trinajstić information content (AvgIpc) is 2.62. The van der Waals surface area contributed by atoms with Crippen molar-refractivity contribution in [3.63, 3.8) is 0 Å². The number of carbonyl (C=O) groups is 2. The lowest BCUT2D eigenvalue weighted by Crippen LogP contribution is -2.58. The number of amides is 3. The molecule has 0 radical (unpaired) electrons. The van der Waals surface area contributed by atoms with Crippen molar-refractivity contribution in [1.82, 2.24) is 14.4 Å². The van der Waals surface area contributed by atoms with Crippen molar-refractivity contribution in [3.05, 3.63) is 34.2 Å². The summed E-state index contributed by atoms with van der Waals surface area (Å²) in [5.41, 5.74) is -0.323. The second-order valence-electron chi connectivity index (χ2n) is 6.42. The SMILES string of the molecule is CC.CC.CC(C)n1cccc(C(C)(C)N2CCC(=O)N(C)C2=O)c1=O. The summed E-state index contributed by atoms with van der Waals surface area (Å²) in [6.07, 6.45) is 2.02. The van der Waals surface area contributed by atoms with E-state index in [-0.39, 0.29) is 30.0 Å². The second-order valence-corrected chi connectivity index (χ2v) is 6.42. The topological polar surface area (TPSA) is 62.6 Å². The van der Waals surface area contributed by atoms with Crippen LogP contribution in [0.2, 0.25) is 0 Å². The molecule has 148 valence electrons. The van der Waals surface area contributed by atoms with Gasteiger partial charge in [-0.1, -0.05) is 27.7 Å². The lowest BCUT2D eigenvalue weighted by Gasteiger charge is -2.43. The fraction of sp³-hybridized carbons (Fsp3) is 0.650. The first-order valence-corrected chi connectivity index (χ1v) is 9.47. The third-order valence-corrected chi connectivity index (χ3v) is 4.31. The number of nitrogens with zero attached hydrogens (tertiary/aromatic N) is 3. The summed E-state index contributed by atoms with van der Waals surface area (Å²) in [5, 5.41) is 0. The molecule has 0 N–H and O–H groups in total. The minimum absolute atomic E-state index is 0.0459. The number of aromatic nitrogens is 1. The Morgan fingerprint density at radius 3 is 2.08 bits per heavy atom. The molecule has 0 saturated carbocycles. The molecule has 3 amide bonds. The molecule has 0 spiro atoms. The van der Waals surface area contributed by atoms with Gasteiger partial charge in [0.15, 0.2) is 0 Å². The van der Waals surface area contributed by atoms with Gasteiger partial charge in [0.05, 0.1) is 5.54 Å². The van der Waals surface area contributed by atoms with E-state index in [0.717, 1.165) is 4.90 Å². The van der Waals surface area contributed by atoms with E-state index in [1.165, 1.54) is 7.05 Å². The van der Waals surface area contributed by atoms with Gasteiger partial charge in [0, 0.05) is 37.8 Å². The summed E-state index contributed by atoms with van der Waals surface area (Å²) >= 11 is 0. The van der Waals surface area contributed by atoms with Gasteiger partial charge in [-0.15, -0.1) is 0 Å². The molecule has 0 aliphatic carbocycles. The number of rotatable bonds is 3. The lowest BCUT2D eigenvalue weighted by molar-refractivity contribution is -0.130. The first-order chi connectivity index (χ1) is 12.2. The Labute approximate surface area is 157 Å². The van der Waals surface area contributed by atoms with Gasteiger partial charge >= 0.3 is 6.03 Å². The van der Waals surface area contributed by atoms with E-state index < -0.39 is 5.54 Å². The fourth-order valence-electron chi connectivity index (χ4n) is 2.80. The summed E-state index contributed by atoms with van der Waals surface area (Å²) in [4.78, 5) is 39.5. The highest BCUT2D eigenvalue weighted by molar-refractivity contribution is 5.96. The summed E-state index contributed by atoms with van der Waals surface area (Å²) in [6.45, 7) is 15.9. The lowest BCUT2D eigenvalue weighted by atomic mass is 9.92. The Bertz CT molecular complexity index is 663. The monoisotopic (exact) mass is 365 g/mol. The summed E-state index contributed by atoms with van der Waals surface area (Å²) in [6, 6.07) is 3.26. The first kappa shape index (κ1) is 23.9. The van der Waals surface area contributed by atoms with Crippen LogP contribution >= 0.6 is 0 Å². The fourth-order valence-corrected chi connectivity index (χ4v) is 2.80. The molecular weight excluding hydrogens is 330 g/mol. The van der Waals surface area contributed by atoms with Gasteiger partial charge in [0.2, 0.25) is 5.91 Å². The minimum atomic E-state index is -0.777. The van der Waals surface area contributed by atoms with Crippen molar-refractivity contribution in [2.45, 2.75) is 73.4 Å². The van der Waals surface area contributed by atoms with Gasteiger partial charge in [-0.25, -0.2) is 4.79 Å². The van der Waals surface area contributed by atoms with E-state index in [2.05, 4.69) is 0 Å². The Morgan fingerprint density at radius 1 is 1.04 bits per heavy atom. The zero-order valence-electron chi connectivity index (χ0n) is 17.8. The number of hydrogen-bond acceptors (Lipinski definition) is 3. The summed E-state index contributed by atoms with van der Waals surface area (Å²) < 4.78 is 1.65. The van der Waals surface area contributed by atoms with Crippen molar-refractivity contribution in [2.75, 3.05) is 13.6 Å². The molecule has 0 unspecified atom stereocenters. The predicted molar refractivity (Wildman–Crippen MR) is 106 cm³/mol. The Morgan fingerprint density at radius 2 is 1.58 bits per heavy atom. The number of urea groups is 1. The molecular formula is C20H35N3O3. The maximum absolute atomic E-state index is 12.7. The van der Waals surface area contributed by atoms with E-state index in [1.54, 1.807) is 21.7 Å². The smallest absolute Gasteiger partial charge is 0.314 e. The Kier molecular flexibility index (Phi) is 9.32. The average molecular weight is 366 g/mol.